The average molecular weight is 313 g/mol. The van der Waals surface area contributed by atoms with Crippen molar-refractivity contribution in [1.82, 2.24) is 4.31 Å². The number of sulfonamides is 1. The van der Waals surface area contributed by atoms with Crippen molar-refractivity contribution in [2.24, 2.45) is 11.8 Å². The van der Waals surface area contributed by atoms with Crippen LogP contribution in [-0.4, -0.2) is 30.9 Å². The third-order valence-corrected chi connectivity index (χ3v) is 5.09. The molecule has 1 rings (SSSR count). The maximum atomic E-state index is 12.8. The van der Waals surface area contributed by atoms with Gasteiger partial charge in [-0.2, -0.15) is 4.31 Å². The highest BCUT2D eigenvalue weighted by atomic mass is 32.2. The molecule has 1 aromatic carbocycles. The summed E-state index contributed by atoms with van der Waals surface area (Å²) in [5.41, 5.74) is 1.56. The van der Waals surface area contributed by atoms with E-state index >= 15 is 0 Å². The molecule has 21 heavy (non-hydrogen) atoms. The van der Waals surface area contributed by atoms with E-state index < -0.39 is 10.0 Å². The van der Waals surface area contributed by atoms with Crippen LogP contribution in [0.4, 0.5) is 0 Å². The molecule has 0 aliphatic heterocycles. The number of aliphatic hydroxyl groups excluding tert-OH is 1. The Bertz CT molecular complexity index is 555. The van der Waals surface area contributed by atoms with Crippen molar-refractivity contribution >= 4 is 10.0 Å². The summed E-state index contributed by atoms with van der Waals surface area (Å²) in [6.45, 7) is 10.8. The number of hydrogen-bond acceptors (Lipinski definition) is 3. The quantitative estimate of drug-likeness (QED) is 0.842. The molecule has 0 spiro atoms. The van der Waals surface area contributed by atoms with Gasteiger partial charge in [0.05, 0.1) is 11.5 Å². The zero-order valence-corrected chi connectivity index (χ0v) is 14.4. The van der Waals surface area contributed by atoms with Gasteiger partial charge in [-0.1, -0.05) is 33.8 Å². The molecule has 0 aliphatic rings. The van der Waals surface area contributed by atoms with E-state index in [1.165, 1.54) is 0 Å². The summed E-state index contributed by atoms with van der Waals surface area (Å²) in [5.74, 6) is 0.530. The highest BCUT2D eigenvalue weighted by molar-refractivity contribution is 7.89. The van der Waals surface area contributed by atoms with E-state index in [0.29, 0.717) is 18.7 Å². The number of nitrogens with zero attached hydrogens (tertiary/aromatic N) is 1. The molecule has 1 aromatic rings. The van der Waals surface area contributed by atoms with Crippen molar-refractivity contribution in [3.63, 3.8) is 0 Å². The monoisotopic (exact) mass is 313 g/mol. The first-order chi connectivity index (χ1) is 9.68. The van der Waals surface area contributed by atoms with Crippen molar-refractivity contribution in [2.75, 3.05) is 13.1 Å². The molecule has 0 aliphatic carbocycles. The third kappa shape index (κ3) is 4.80. The van der Waals surface area contributed by atoms with E-state index in [1.807, 2.05) is 34.6 Å². The zero-order chi connectivity index (χ0) is 16.2. The Labute approximate surface area is 128 Å². The van der Waals surface area contributed by atoms with Gasteiger partial charge in [-0.05, 0) is 42.0 Å². The minimum atomic E-state index is -3.52. The lowest BCUT2D eigenvalue weighted by atomic mass is 10.1. The maximum absolute atomic E-state index is 12.8. The second-order valence-corrected chi connectivity index (χ2v) is 8.29. The van der Waals surface area contributed by atoms with E-state index in [-0.39, 0.29) is 23.3 Å². The van der Waals surface area contributed by atoms with Crippen molar-refractivity contribution in [2.45, 2.75) is 46.1 Å². The Morgan fingerprint density at radius 1 is 1.10 bits per heavy atom. The summed E-state index contributed by atoms with van der Waals surface area (Å²) in [6, 6.07) is 4.96. The molecule has 0 saturated heterocycles. The lowest BCUT2D eigenvalue weighted by Crippen LogP contribution is -2.37. The molecular weight excluding hydrogens is 286 g/mol. The Balaban J connectivity index is 3.21. The molecule has 0 radical (unpaired) electrons. The normalized spacial score (nSPS) is 12.6. The molecular formula is C16H27NO3S. The fourth-order valence-electron chi connectivity index (χ4n) is 2.21. The highest BCUT2D eigenvalue weighted by Crippen LogP contribution is 2.21. The predicted molar refractivity (Wildman–Crippen MR) is 85.5 cm³/mol. The number of aliphatic hydroxyl groups is 1. The first kappa shape index (κ1) is 18.1. The predicted octanol–water partition coefficient (Wildman–Crippen LogP) is 2.79. The van der Waals surface area contributed by atoms with Gasteiger partial charge < -0.3 is 5.11 Å². The highest BCUT2D eigenvalue weighted by Gasteiger charge is 2.26. The molecule has 0 atom stereocenters. The molecule has 4 nitrogen and oxygen atoms in total. The second-order valence-electron chi connectivity index (χ2n) is 6.36. The molecule has 0 unspecified atom stereocenters. The Morgan fingerprint density at radius 2 is 1.62 bits per heavy atom. The van der Waals surface area contributed by atoms with Gasteiger partial charge in [0.15, 0.2) is 0 Å². The maximum Gasteiger partial charge on any atom is 0.243 e. The van der Waals surface area contributed by atoms with E-state index in [9.17, 15) is 13.5 Å². The van der Waals surface area contributed by atoms with Crippen LogP contribution in [0.25, 0.3) is 0 Å². The molecule has 0 fully saturated rings. The van der Waals surface area contributed by atoms with Crippen LogP contribution < -0.4 is 0 Å². The van der Waals surface area contributed by atoms with Gasteiger partial charge in [-0.3, -0.25) is 0 Å². The van der Waals surface area contributed by atoms with Gasteiger partial charge in [0, 0.05) is 13.1 Å². The summed E-state index contributed by atoms with van der Waals surface area (Å²) in [4.78, 5) is 0.262. The van der Waals surface area contributed by atoms with Crippen LogP contribution in [0.2, 0.25) is 0 Å². The SMILES string of the molecule is Cc1ccc(S(=O)(=O)N(CC(C)C)CC(C)C)cc1CO. The topological polar surface area (TPSA) is 57.6 Å². The van der Waals surface area contributed by atoms with Crippen LogP contribution >= 0.6 is 0 Å². The van der Waals surface area contributed by atoms with Crippen LogP contribution in [-0.2, 0) is 16.6 Å². The average Bonchev–Trinajstić information content (AvgIpc) is 2.37. The van der Waals surface area contributed by atoms with Crippen LogP contribution in [0.3, 0.4) is 0 Å². The Kier molecular flexibility index (Phi) is 6.38. The van der Waals surface area contributed by atoms with E-state index in [1.54, 1.807) is 22.5 Å². The molecule has 0 bridgehead atoms. The van der Waals surface area contributed by atoms with Crippen molar-refractivity contribution in [3.05, 3.63) is 29.3 Å². The largest absolute Gasteiger partial charge is 0.392 e. The molecule has 0 saturated carbocycles. The molecule has 120 valence electrons. The van der Waals surface area contributed by atoms with Gasteiger partial charge in [0.1, 0.15) is 0 Å². The summed E-state index contributed by atoms with van der Waals surface area (Å²) in [5, 5.41) is 9.33. The molecule has 1 N–H and O–H groups in total. The van der Waals surface area contributed by atoms with Crippen LogP contribution in [0.15, 0.2) is 23.1 Å². The smallest absolute Gasteiger partial charge is 0.243 e. The number of hydrogen-bond donors (Lipinski definition) is 1. The van der Waals surface area contributed by atoms with Crippen LogP contribution in [0.1, 0.15) is 38.8 Å². The van der Waals surface area contributed by atoms with Gasteiger partial charge in [-0.15, -0.1) is 0 Å². The van der Waals surface area contributed by atoms with Crippen molar-refractivity contribution in [3.8, 4) is 0 Å². The minimum Gasteiger partial charge on any atom is -0.392 e. The lowest BCUT2D eigenvalue weighted by Gasteiger charge is -2.26. The summed E-state index contributed by atoms with van der Waals surface area (Å²) >= 11 is 0. The summed E-state index contributed by atoms with van der Waals surface area (Å²) in [6.07, 6.45) is 0. The Hall–Kier alpha value is -0.910. The van der Waals surface area contributed by atoms with E-state index in [0.717, 1.165) is 5.56 Å². The fraction of sp³-hybridized carbons (Fsp3) is 0.625. The van der Waals surface area contributed by atoms with Crippen LogP contribution in [0, 0.1) is 18.8 Å². The fourth-order valence-corrected chi connectivity index (χ4v) is 4.03. The molecule has 0 amide bonds. The Morgan fingerprint density at radius 3 is 2.05 bits per heavy atom. The van der Waals surface area contributed by atoms with Gasteiger partial charge in [0.25, 0.3) is 0 Å². The van der Waals surface area contributed by atoms with Crippen molar-refractivity contribution < 1.29 is 13.5 Å². The van der Waals surface area contributed by atoms with Crippen molar-refractivity contribution in [1.29, 1.82) is 0 Å². The van der Waals surface area contributed by atoms with E-state index in [2.05, 4.69) is 0 Å². The lowest BCUT2D eigenvalue weighted by molar-refractivity contribution is 0.280. The second kappa shape index (κ2) is 7.38. The number of aryl methyl sites for hydroxylation is 1. The molecule has 5 heteroatoms. The van der Waals surface area contributed by atoms with Gasteiger partial charge in [0.2, 0.25) is 10.0 Å². The summed E-state index contributed by atoms with van der Waals surface area (Å²) < 4.78 is 27.2. The number of benzene rings is 1. The van der Waals surface area contributed by atoms with Gasteiger partial charge >= 0.3 is 0 Å². The minimum absolute atomic E-state index is 0.149. The molecule has 0 aromatic heterocycles. The third-order valence-electron chi connectivity index (χ3n) is 3.27. The zero-order valence-electron chi connectivity index (χ0n) is 13.6. The first-order valence-corrected chi connectivity index (χ1v) is 8.83. The summed E-state index contributed by atoms with van der Waals surface area (Å²) in [7, 11) is -3.52. The first-order valence-electron chi connectivity index (χ1n) is 7.39. The molecule has 0 heterocycles. The van der Waals surface area contributed by atoms with Crippen LogP contribution in [0.5, 0.6) is 0 Å². The number of rotatable bonds is 7. The standard InChI is InChI=1S/C16H27NO3S/c1-12(2)9-17(10-13(3)4)21(19,20)16-7-6-14(5)15(8-16)11-18/h6-8,12-13,18H,9-11H2,1-5H3. The van der Waals surface area contributed by atoms with Gasteiger partial charge in [-0.25, -0.2) is 8.42 Å². The van der Waals surface area contributed by atoms with E-state index in [4.69, 9.17) is 0 Å².